The van der Waals surface area contributed by atoms with Crippen molar-refractivity contribution < 1.29 is 13.3 Å². The van der Waals surface area contributed by atoms with Gasteiger partial charge in [-0.15, -0.1) is 0 Å². The lowest BCUT2D eigenvalue weighted by Crippen LogP contribution is -2.12. The van der Waals surface area contributed by atoms with E-state index in [1.807, 2.05) is 0 Å². The lowest BCUT2D eigenvalue weighted by molar-refractivity contribution is -0.387. The van der Waals surface area contributed by atoms with Gasteiger partial charge in [0.25, 0.3) is 15.7 Å². The zero-order valence-electron chi connectivity index (χ0n) is 8.42. The second-order valence-electron chi connectivity index (χ2n) is 3.12. The molecule has 1 aromatic heterocycles. The second kappa shape index (κ2) is 3.98. The molecule has 0 saturated heterocycles. The summed E-state index contributed by atoms with van der Waals surface area (Å²) in [4.78, 5) is 13.3. The first-order chi connectivity index (χ1) is 8.03. The Kier molecular flexibility index (Phi) is 2.64. The molecule has 1 aromatic carbocycles. The quantitative estimate of drug-likeness (QED) is 0.601. The summed E-state index contributed by atoms with van der Waals surface area (Å²) in [5.41, 5.74) is -0.457. The van der Waals surface area contributed by atoms with E-state index in [4.69, 9.17) is 0 Å². The van der Waals surface area contributed by atoms with Crippen molar-refractivity contribution in [2.45, 2.75) is 4.90 Å². The number of hydrogen-bond donors (Lipinski definition) is 0. The topological polar surface area (TPSA) is 95.1 Å². The molecular formula is C9H7N3O4S. The maximum Gasteiger partial charge on any atom is 0.289 e. The van der Waals surface area contributed by atoms with Crippen LogP contribution in [0.15, 0.2) is 47.9 Å². The summed E-state index contributed by atoms with van der Waals surface area (Å²) in [6.07, 6.45) is 3.57. The molecule has 1 heterocycles. The fraction of sp³-hybridized carbons (Fsp3) is 0. The summed E-state index contributed by atoms with van der Waals surface area (Å²) in [6, 6.07) is 5.17. The number of benzene rings is 1. The molecule has 0 fully saturated rings. The summed E-state index contributed by atoms with van der Waals surface area (Å²) in [6.45, 7) is 0. The molecular weight excluding hydrogens is 246 g/mol. The maximum absolute atomic E-state index is 12.0. The first kappa shape index (κ1) is 11.3. The van der Waals surface area contributed by atoms with Gasteiger partial charge >= 0.3 is 0 Å². The molecule has 0 bridgehead atoms. The number of para-hydroxylation sites is 1. The van der Waals surface area contributed by atoms with E-state index in [-0.39, 0.29) is 4.90 Å². The molecule has 0 saturated carbocycles. The van der Waals surface area contributed by atoms with Crippen molar-refractivity contribution >= 4 is 15.7 Å². The van der Waals surface area contributed by atoms with Gasteiger partial charge in [0.2, 0.25) is 0 Å². The standard InChI is InChI=1S/C9H7N3O4S/c13-12(14)8-3-1-2-4-9(8)17(15,16)11-6-5-10-7-11/h1-7H. The van der Waals surface area contributed by atoms with Crippen molar-refractivity contribution in [2.75, 3.05) is 0 Å². The molecule has 0 spiro atoms. The van der Waals surface area contributed by atoms with Crippen LogP contribution in [0.3, 0.4) is 0 Å². The Bertz CT molecular complexity index is 649. The molecule has 0 radical (unpaired) electrons. The van der Waals surface area contributed by atoms with E-state index < -0.39 is 20.6 Å². The van der Waals surface area contributed by atoms with Crippen LogP contribution in [0.4, 0.5) is 5.69 Å². The average Bonchev–Trinajstić information content (AvgIpc) is 2.83. The number of nitrogens with zero attached hydrogens (tertiary/aromatic N) is 3. The Hall–Kier alpha value is -2.22. The van der Waals surface area contributed by atoms with Crippen LogP contribution in [0.2, 0.25) is 0 Å². The Labute approximate surface area is 96.5 Å². The van der Waals surface area contributed by atoms with Gasteiger partial charge in [0.05, 0.1) is 4.92 Å². The van der Waals surface area contributed by atoms with Crippen molar-refractivity contribution in [3.8, 4) is 0 Å². The van der Waals surface area contributed by atoms with Gasteiger partial charge in [-0.2, -0.15) is 0 Å². The molecule has 7 nitrogen and oxygen atoms in total. The smallest absolute Gasteiger partial charge is 0.258 e. The predicted octanol–water partition coefficient (Wildman–Crippen LogP) is 1.03. The van der Waals surface area contributed by atoms with Crippen LogP contribution in [0.1, 0.15) is 0 Å². The molecule has 8 heteroatoms. The Morgan fingerprint density at radius 2 is 2.00 bits per heavy atom. The monoisotopic (exact) mass is 253 g/mol. The van der Waals surface area contributed by atoms with Gasteiger partial charge < -0.3 is 0 Å². The van der Waals surface area contributed by atoms with Crippen LogP contribution in [-0.4, -0.2) is 22.3 Å². The summed E-state index contributed by atoms with van der Waals surface area (Å²) in [5, 5.41) is 10.8. The number of hydrogen-bond acceptors (Lipinski definition) is 5. The molecule has 17 heavy (non-hydrogen) atoms. The minimum Gasteiger partial charge on any atom is -0.258 e. The molecule has 0 aliphatic heterocycles. The highest BCUT2D eigenvalue weighted by Gasteiger charge is 2.26. The molecule has 0 N–H and O–H groups in total. The lowest BCUT2D eigenvalue weighted by atomic mass is 10.3. The van der Waals surface area contributed by atoms with Crippen LogP contribution in [0, 0.1) is 10.1 Å². The van der Waals surface area contributed by atoms with Crippen molar-refractivity contribution in [2.24, 2.45) is 0 Å². The summed E-state index contributed by atoms with van der Waals surface area (Å²) < 4.78 is 24.9. The van der Waals surface area contributed by atoms with Crippen molar-refractivity contribution in [1.29, 1.82) is 0 Å². The third kappa shape index (κ3) is 1.89. The van der Waals surface area contributed by atoms with Gasteiger partial charge in [0, 0.05) is 18.5 Å². The summed E-state index contributed by atoms with van der Waals surface area (Å²) in [5.74, 6) is 0. The fourth-order valence-electron chi connectivity index (χ4n) is 1.33. The molecule has 0 atom stereocenters. The van der Waals surface area contributed by atoms with E-state index in [1.54, 1.807) is 0 Å². The van der Waals surface area contributed by atoms with Gasteiger partial charge in [-0.05, 0) is 6.07 Å². The first-order valence-corrected chi connectivity index (χ1v) is 5.94. The average molecular weight is 253 g/mol. The SMILES string of the molecule is O=[N+]([O-])c1ccccc1S(=O)(=O)n1ccnc1. The highest BCUT2D eigenvalue weighted by atomic mass is 32.2. The van der Waals surface area contributed by atoms with Gasteiger partial charge in [0.1, 0.15) is 6.33 Å². The van der Waals surface area contributed by atoms with Crippen LogP contribution >= 0.6 is 0 Å². The van der Waals surface area contributed by atoms with Crippen molar-refractivity contribution in [3.05, 3.63) is 53.1 Å². The number of nitro groups is 1. The molecule has 0 amide bonds. The Balaban J connectivity index is 2.67. The van der Waals surface area contributed by atoms with Gasteiger partial charge in [-0.1, -0.05) is 12.1 Å². The maximum atomic E-state index is 12.0. The van der Waals surface area contributed by atoms with E-state index >= 15 is 0 Å². The highest BCUT2D eigenvalue weighted by Crippen LogP contribution is 2.24. The van der Waals surface area contributed by atoms with Crippen LogP contribution < -0.4 is 0 Å². The van der Waals surface area contributed by atoms with E-state index in [1.165, 1.54) is 30.6 Å². The number of rotatable bonds is 3. The van der Waals surface area contributed by atoms with Crippen molar-refractivity contribution in [3.63, 3.8) is 0 Å². The highest BCUT2D eigenvalue weighted by molar-refractivity contribution is 7.90. The van der Waals surface area contributed by atoms with Crippen LogP contribution in [0.25, 0.3) is 0 Å². The van der Waals surface area contributed by atoms with E-state index in [0.29, 0.717) is 0 Å². The Morgan fingerprint density at radius 1 is 1.29 bits per heavy atom. The van der Waals surface area contributed by atoms with Crippen LogP contribution in [-0.2, 0) is 10.0 Å². The molecule has 2 aromatic rings. The van der Waals surface area contributed by atoms with Gasteiger partial charge in [0.15, 0.2) is 4.90 Å². The third-order valence-electron chi connectivity index (χ3n) is 2.10. The molecule has 0 aliphatic carbocycles. The number of imidazole rings is 1. The predicted molar refractivity (Wildman–Crippen MR) is 57.9 cm³/mol. The minimum absolute atomic E-state index is 0.358. The largest absolute Gasteiger partial charge is 0.289 e. The van der Waals surface area contributed by atoms with Crippen LogP contribution in [0.5, 0.6) is 0 Å². The lowest BCUT2D eigenvalue weighted by Gasteiger charge is -2.04. The number of nitro benzene ring substituents is 1. The van der Waals surface area contributed by atoms with Gasteiger partial charge in [-0.25, -0.2) is 17.4 Å². The zero-order valence-corrected chi connectivity index (χ0v) is 9.24. The van der Waals surface area contributed by atoms with Crippen molar-refractivity contribution in [1.82, 2.24) is 8.96 Å². The molecule has 0 unspecified atom stereocenters. The fourth-order valence-corrected chi connectivity index (χ4v) is 2.61. The van der Waals surface area contributed by atoms with E-state index in [9.17, 15) is 18.5 Å². The van der Waals surface area contributed by atoms with E-state index in [0.717, 1.165) is 16.4 Å². The summed E-state index contributed by atoms with van der Waals surface area (Å²) >= 11 is 0. The Morgan fingerprint density at radius 3 is 2.59 bits per heavy atom. The van der Waals surface area contributed by atoms with Gasteiger partial charge in [-0.3, -0.25) is 10.1 Å². The molecule has 2 rings (SSSR count). The number of aromatic nitrogens is 2. The zero-order chi connectivity index (χ0) is 12.5. The summed E-state index contributed by atoms with van der Waals surface area (Å²) in [7, 11) is -3.96. The second-order valence-corrected chi connectivity index (χ2v) is 4.93. The normalized spacial score (nSPS) is 11.3. The van der Waals surface area contributed by atoms with E-state index in [2.05, 4.69) is 4.98 Å². The first-order valence-electron chi connectivity index (χ1n) is 4.50. The molecule has 88 valence electrons. The molecule has 0 aliphatic rings. The third-order valence-corrected chi connectivity index (χ3v) is 3.77. The minimum atomic E-state index is -3.96.